The van der Waals surface area contributed by atoms with E-state index in [4.69, 9.17) is 9.47 Å². The molecule has 0 bridgehead atoms. The van der Waals surface area contributed by atoms with Crippen LogP contribution in [0.3, 0.4) is 0 Å². The van der Waals surface area contributed by atoms with Crippen LogP contribution in [0.1, 0.15) is 28.3 Å². The standard InChI is InChI=1S/C26H25NO2/c1-28-23-12-7-20(8-13-23)11-16-26-25-6-4-3-5-22(25)17-18-27(26)19-21-9-14-24(29-2)15-10-21/h3-10,12-15,26H,17-19H2,1-2H3/t26-/m0/s1. The van der Waals surface area contributed by atoms with Crippen LogP contribution >= 0.6 is 0 Å². The Balaban J connectivity index is 1.62. The van der Waals surface area contributed by atoms with Crippen LogP contribution in [0.15, 0.2) is 72.8 Å². The average Bonchev–Trinajstić information content (AvgIpc) is 2.79. The first kappa shape index (κ1) is 19.1. The van der Waals surface area contributed by atoms with Crippen LogP contribution in [0.25, 0.3) is 0 Å². The summed E-state index contributed by atoms with van der Waals surface area (Å²) in [5.41, 5.74) is 4.97. The Labute approximate surface area is 172 Å². The van der Waals surface area contributed by atoms with Crippen molar-refractivity contribution in [3.05, 3.63) is 95.1 Å². The molecule has 0 spiro atoms. The zero-order valence-corrected chi connectivity index (χ0v) is 16.9. The molecule has 0 unspecified atom stereocenters. The molecule has 3 aromatic rings. The summed E-state index contributed by atoms with van der Waals surface area (Å²) >= 11 is 0. The van der Waals surface area contributed by atoms with Crippen molar-refractivity contribution in [3.63, 3.8) is 0 Å². The minimum atomic E-state index is 0.0733. The van der Waals surface area contributed by atoms with E-state index in [0.717, 1.165) is 36.6 Å². The van der Waals surface area contributed by atoms with Crippen LogP contribution in [-0.2, 0) is 13.0 Å². The number of hydrogen-bond donors (Lipinski definition) is 0. The summed E-state index contributed by atoms with van der Waals surface area (Å²) < 4.78 is 10.5. The molecule has 1 atom stereocenters. The first-order valence-electron chi connectivity index (χ1n) is 9.87. The summed E-state index contributed by atoms with van der Waals surface area (Å²) in [5.74, 6) is 8.64. The summed E-state index contributed by atoms with van der Waals surface area (Å²) in [5, 5.41) is 0. The van der Waals surface area contributed by atoms with Gasteiger partial charge in [-0.2, -0.15) is 0 Å². The third kappa shape index (κ3) is 4.45. The molecule has 1 aliphatic heterocycles. The molecule has 0 saturated carbocycles. The molecule has 3 heteroatoms. The van der Waals surface area contributed by atoms with E-state index in [-0.39, 0.29) is 6.04 Å². The Hall–Kier alpha value is -3.22. The van der Waals surface area contributed by atoms with Gasteiger partial charge in [0.05, 0.1) is 20.3 Å². The van der Waals surface area contributed by atoms with E-state index in [1.54, 1.807) is 14.2 Å². The van der Waals surface area contributed by atoms with Gasteiger partial charge in [-0.3, -0.25) is 4.90 Å². The van der Waals surface area contributed by atoms with Crippen molar-refractivity contribution >= 4 is 0 Å². The van der Waals surface area contributed by atoms with Crippen molar-refractivity contribution in [3.8, 4) is 23.3 Å². The fraction of sp³-hybridized carbons (Fsp3) is 0.231. The number of rotatable bonds is 4. The molecule has 1 aliphatic rings. The molecule has 0 aromatic heterocycles. The van der Waals surface area contributed by atoms with Crippen LogP contribution in [-0.4, -0.2) is 25.7 Å². The molecule has 3 nitrogen and oxygen atoms in total. The van der Waals surface area contributed by atoms with E-state index in [1.165, 1.54) is 16.7 Å². The molecule has 0 N–H and O–H groups in total. The SMILES string of the molecule is COc1ccc(C#C[C@H]2c3ccccc3CCN2Cc2ccc(OC)cc2)cc1. The lowest BCUT2D eigenvalue weighted by atomic mass is 9.92. The molecular formula is C26H25NO2. The van der Waals surface area contributed by atoms with Gasteiger partial charge in [0.15, 0.2) is 0 Å². The summed E-state index contributed by atoms with van der Waals surface area (Å²) in [4.78, 5) is 2.46. The number of benzene rings is 3. The van der Waals surface area contributed by atoms with Crippen molar-refractivity contribution < 1.29 is 9.47 Å². The van der Waals surface area contributed by atoms with Gasteiger partial charge in [-0.1, -0.05) is 48.2 Å². The quantitative estimate of drug-likeness (QED) is 0.601. The van der Waals surface area contributed by atoms with Crippen molar-refractivity contribution in [1.29, 1.82) is 0 Å². The third-order valence-corrected chi connectivity index (χ3v) is 5.37. The predicted octanol–water partition coefficient (Wildman–Crippen LogP) is 4.85. The Morgan fingerprint density at radius 2 is 1.52 bits per heavy atom. The third-order valence-electron chi connectivity index (χ3n) is 5.37. The predicted molar refractivity (Wildman–Crippen MR) is 116 cm³/mol. The second-order valence-corrected chi connectivity index (χ2v) is 7.17. The second-order valence-electron chi connectivity index (χ2n) is 7.17. The lowest BCUT2D eigenvalue weighted by molar-refractivity contribution is 0.216. The molecule has 3 aromatic carbocycles. The maximum atomic E-state index is 5.29. The smallest absolute Gasteiger partial charge is 0.118 e. The maximum absolute atomic E-state index is 5.29. The molecule has 4 rings (SSSR count). The largest absolute Gasteiger partial charge is 0.497 e. The Bertz CT molecular complexity index is 1010. The fourth-order valence-corrected chi connectivity index (χ4v) is 3.75. The molecule has 0 fully saturated rings. The van der Waals surface area contributed by atoms with Crippen molar-refractivity contribution in [2.75, 3.05) is 20.8 Å². The summed E-state index contributed by atoms with van der Waals surface area (Å²) in [7, 11) is 3.37. The van der Waals surface area contributed by atoms with Gasteiger partial charge in [0, 0.05) is 18.7 Å². The van der Waals surface area contributed by atoms with Gasteiger partial charge in [-0.15, -0.1) is 0 Å². The summed E-state index contributed by atoms with van der Waals surface area (Å²) in [6.07, 6.45) is 1.05. The topological polar surface area (TPSA) is 21.7 Å². The van der Waals surface area contributed by atoms with E-state index >= 15 is 0 Å². The van der Waals surface area contributed by atoms with Gasteiger partial charge >= 0.3 is 0 Å². The molecule has 1 heterocycles. The number of fused-ring (bicyclic) bond motifs is 1. The van der Waals surface area contributed by atoms with Crippen LogP contribution in [0.2, 0.25) is 0 Å². The summed E-state index contributed by atoms with van der Waals surface area (Å²) in [6.45, 7) is 1.85. The highest BCUT2D eigenvalue weighted by molar-refractivity contribution is 5.43. The lowest BCUT2D eigenvalue weighted by Gasteiger charge is -2.34. The van der Waals surface area contributed by atoms with E-state index in [9.17, 15) is 0 Å². The number of methoxy groups -OCH3 is 2. The van der Waals surface area contributed by atoms with Crippen molar-refractivity contribution in [2.24, 2.45) is 0 Å². The van der Waals surface area contributed by atoms with Gasteiger partial charge in [0.25, 0.3) is 0 Å². The molecule has 29 heavy (non-hydrogen) atoms. The van der Waals surface area contributed by atoms with Gasteiger partial charge in [0.1, 0.15) is 11.5 Å². The molecule has 0 aliphatic carbocycles. The van der Waals surface area contributed by atoms with E-state index < -0.39 is 0 Å². The Kier molecular flexibility index (Phi) is 5.84. The Morgan fingerprint density at radius 1 is 0.862 bits per heavy atom. The lowest BCUT2D eigenvalue weighted by Crippen LogP contribution is -2.34. The van der Waals surface area contributed by atoms with E-state index in [0.29, 0.717) is 0 Å². The first-order chi connectivity index (χ1) is 14.3. The van der Waals surface area contributed by atoms with Crippen molar-refractivity contribution in [2.45, 2.75) is 19.0 Å². The fourth-order valence-electron chi connectivity index (χ4n) is 3.75. The monoisotopic (exact) mass is 383 g/mol. The molecule has 146 valence electrons. The molecule has 0 radical (unpaired) electrons. The van der Waals surface area contributed by atoms with Gasteiger partial charge < -0.3 is 9.47 Å². The highest BCUT2D eigenvalue weighted by Gasteiger charge is 2.25. The van der Waals surface area contributed by atoms with Crippen LogP contribution in [0, 0.1) is 11.8 Å². The zero-order valence-electron chi connectivity index (χ0n) is 16.9. The highest BCUT2D eigenvalue weighted by atomic mass is 16.5. The number of nitrogens with zero attached hydrogens (tertiary/aromatic N) is 1. The first-order valence-corrected chi connectivity index (χ1v) is 9.87. The molecular weight excluding hydrogens is 358 g/mol. The van der Waals surface area contributed by atoms with Gasteiger partial charge in [0.2, 0.25) is 0 Å². The average molecular weight is 383 g/mol. The minimum absolute atomic E-state index is 0.0733. The van der Waals surface area contributed by atoms with Gasteiger partial charge in [-0.25, -0.2) is 0 Å². The number of hydrogen-bond acceptors (Lipinski definition) is 3. The molecule has 0 saturated heterocycles. The van der Waals surface area contributed by atoms with E-state index in [1.807, 2.05) is 36.4 Å². The minimum Gasteiger partial charge on any atom is -0.497 e. The summed E-state index contributed by atoms with van der Waals surface area (Å²) in [6, 6.07) is 25.0. The normalized spacial score (nSPS) is 15.7. The molecule has 0 amide bonds. The zero-order chi connectivity index (χ0) is 20.1. The number of ether oxygens (including phenoxy) is 2. The van der Waals surface area contributed by atoms with Gasteiger partial charge in [-0.05, 0) is 59.5 Å². The highest BCUT2D eigenvalue weighted by Crippen LogP contribution is 2.31. The Morgan fingerprint density at radius 3 is 2.21 bits per heavy atom. The van der Waals surface area contributed by atoms with Crippen molar-refractivity contribution in [1.82, 2.24) is 4.90 Å². The van der Waals surface area contributed by atoms with E-state index in [2.05, 4.69) is 53.1 Å². The van der Waals surface area contributed by atoms with Crippen LogP contribution < -0.4 is 9.47 Å². The van der Waals surface area contributed by atoms with Crippen LogP contribution in [0.5, 0.6) is 11.5 Å². The second kappa shape index (κ2) is 8.86. The maximum Gasteiger partial charge on any atom is 0.118 e. The van der Waals surface area contributed by atoms with Crippen LogP contribution in [0.4, 0.5) is 0 Å².